The maximum absolute atomic E-state index is 13.3. The zero-order valence-electron chi connectivity index (χ0n) is 18.2. The third kappa shape index (κ3) is 5.45. The van der Waals surface area contributed by atoms with Gasteiger partial charge in [0.1, 0.15) is 29.5 Å². The highest BCUT2D eigenvalue weighted by atomic mass is 35.5. The van der Waals surface area contributed by atoms with Crippen molar-refractivity contribution >= 4 is 64.1 Å². The molecule has 6 nitrogen and oxygen atoms in total. The van der Waals surface area contributed by atoms with Crippen LogP contribution in [-0.2, 0) is 16.2 Å². The van der Waals surface area contributed by atoms with Crippen LogP contribution >= 0.6 is 35.4 Å². The highest BCUT2D eigenvalue weighted by Gasteiger charge is 2.34. The van der Waals surface area contributed by atoms with Crippen LogP contribution in [-0.4, -0.2) is 24.0 Å². The van der Waals surface area contributed by atoms with Gasteiger partial charge < -0.3 is 9.47 Å². The molecule has 1 aliphatic heterocycles. The Morgan fingerprint density at radius 3 is 2.43 bits per heavy atom. The Labute approximate surface area is 215 Å². The second kappa shape index (κ2) is 10.4. The number of carbonyl (C=O) groups excluding carboxylic acids is 2. The number of anilines is 1. The van der Waals surface area contributed by atoms with Crippen molar-refractivity contribution in [2.45, 2.75) is 6.61 Å². The quantitative estimate of drug-likeness (QED) is 0.257. The Balaban J connectivity index is 1.63. The van der Waals surface area contributed by atoms with E-state index in [0.29, 0.717) is 33.3 Å². The molecule has 1 heterocycles. The molecule has 0 unspecified atom stereocenters. The number of carbonyl (C=O) groups is 2. The molecular weight excluding hydrogens is 514 g/mol. The van der Waals surface area contributed by atoms with Gasteiger partial charge in [-0.3, -0.25) is 19.8 Å². The summed E-state index contributed by atoms with van der Waals surface area (Å²) in [5.74, 6) is -0.845. The van der Waals surface area contributed by atoms with Crippen molar-refractivity contribution in [3.8, 4) is 11.5 Å². The fourth-order valence-electron chi connectivity index (χ4n) is 3.40. The molecule has 0 spiro atoms. The Hall–Kier alpha value is -3.46. The van der Waals surface area contributed by atoms with Crippen LogP contribution in [0.3, 0.4) is 0 Å². The summed E-state index contributed by atoms with van der Waals surface area (Å²) in [4.78, 5) is 27.0. The Bertz CT molecular complexity index is 1360. The smallest absolute Gasteiger partial charge is 0.270 e. The topological polar surface area (TPSA) is 67.9 Å². The summed E-state index contributed by atoms with van der Waals surface area (Å²) in [5, 5.41) is 3.14. The van der Waals surface area contributed by atoms with Gasteiger partial charge >= 0.3 is 0 Å². The van der Waals surface area contributed by atoms with Gasteiger partial charge in [0.15, 0.2) is 5.11 Å². The first-order valence-electron chi connectivity index (χ1n) is 10.2. The van der Waals surface area contributed by atoms with Crippen LogP contribution in [0.4, 0.5) is 10.1 Å². The predicted molar refractivity (Wildman–Crippen MR) is 136 cm³/mol. The molecule has 1 N–H and O–H groups in total. The normalized spacial score (nSPS) is 14.8. The first kappa shape index (κ1) is 24.7. The number of methoxy groups -OCH3 is 1. The predicted octanol–water partition coefficient (Wildman–Crippen LogP) is 5.55. The van der Waals surface area contributed by atoms with Gasteiger partial charge in [-0.25, -0.2) is 4.39 Å². The van der Waals surface area contributed by atoms with Crippen molar-refractivity contribution < 1.29 is 23.5 Å². The molecule has 3 aromatic carbocycles. The van der Waals surface area contributed by atoms with E-state index in [1.54, 1.807) is 42.5 Å². The van der Waals surface area contributed by atoms with E-state index in [4.69, 9.17) is 44.9 Å². The number of benzene rings is 3. The van der Waals surface area contributed by atoms with Crippen LogP contribution in [0.5, 0.6) is 11.5 Å². The Morgan fingerprint density at radius 1 is 1.03 bits per heavy atom. The summed E-state index contributed by atoms with van der Waals surface area (Å²) in [6.45, 7) is 0.0483. The third-order valence-electron chi connectivity index (χ3n) is 5.08. The first-order chi connectivity index (χ1) is 16.8. The summed E-state index contributed by atoms with van der Waals surface area (Å²) < 4.78 is 24.4. The van der Waals surface area contributed by atoms with Crippen molar-refractivity contribution in [1.82, 2.24) is 5.32 Å². The lowest BCUT2D eigenvalue weighted by atomic mass is 10.0. The van der Waals surface area contributed by atoms with Crippen LogP contribution in [0, 0.1) is 5.82 Å². The molecular formula is C25H17Cl2FN2O4S. The van der Waals surface area contributed by atoms with E-state index in [-0.39, 0.29) is 22.3 Å². The summed E-state index contributed by atoms with van der Waals surface area (Å²) in [6.07, 6.45) is 1.45. The average molecular weight is 531 g/mol. The highest BCUT2D eigenvalue weighted by Crippen LogP contribution is 2.29. The van der Waals surface area contributed by atoms with E-state index in [1.807, 2.05) is 0 Å². The van der Waals surface area contributed by atoms with Crippen LogP contribution < -0.4 is 19.7 Å². The number of nitrogens with zero attached hydrogens (tertiary/aromatic N) is 1. The summed E-state index contributed by atoms with van der Waals surface area (Å²) in [6, 6.07) is 15.4. The minimum atomic E-state index is -0.614. The van der Waals surface area contributed by atoms with Gasteiger partial charge in [0, 0.05) is 10.6 Å². The number of hydrogen-bond donors (Lipinski definition) is 1. The summed E-state index contributed by atoms with van der Waals surface area (Å²) >= 11 is 17.2. The number of halogens is 3. The van der Waals surface area contributed by atoms with Gasteiger partial charge in [0.25, 0.3) is 11.8 Å². The van der Waals surface area contributed by atoms with Crippen molar-refractivity contribution in [3.05, 3.63) is 93.2 Å². The lowest BCUT2D eigenvalue weighted by Gasteiger charge is -2.29. The molecule has 0 radical (unpaired) electrons. The lowest BCUT2D eigenvalue weighted by Crippen LogP contribution is -2.54. The molecule has 1 aliphatic rings. The molecule has 0 saturated carbocycles. The highest BCUT2D eigenvalue weighted by molar-refractivity contribution is 7.80. The fourth-order valence-corrected chi connectivity index (χ4v) is 4.03. The number of rotatable bonds is 6. The van der Waals surface area contributed by atoms with Crippen molar-refractivity contribution in [1.29, 1.82) is 0 Å². The zero-order chi connectivity index (χ0) is 25.1. The molecule has 0 atom stereocenters. The van der Waals surface area contributed by atoms with E-state index >= 15 is 0 Å². The van der Waals surface area contributed by atoms with Crippen molar-refractivity contribution in [2.24, 2.45) is 0 Å². The van der Waals surface area contributed by atoms with Gasteiger partial charge in [-0.15, -0.1) is 0 Å². The number of amides is 2. The van der Waals surface area contributed by atoms with E-state index < -0.39 is 17.6 Å². The van der Waals surface area contributed by atoms with Gasteiger partial charge in [-0.2, -0.15) is 0 Å². The van der Waals surface area contributed by atoms with Crippen molar-refractivity contribution in [2.75, 3.05) is 12.0 Å². The molecule has 2 amide bonds. The van der Waals surface area contributed by atoms with Gasteiger partial charge in [0.2, 0.25) is 0 Å². The van der Waals surface area contributed by atoms with E-state index in [0.717, 1.165) is 6.07 Å². The molecule has 3 aromatic rings. The summed E-state index contributed by atoms with van der Waals surface area (Å²) in [7, 11) is 1.50. The molecule has 0 aliphatic carbocycles. The lowest BCUT2D eigenvalue weighted by molar-refractivity contribution is -0.122. The average Bonchev–Trinajstić information content (AvgIpc) is 2.82. The minimum absolute atomic E-state index is 0.0283. The molecule has 0 aromatic heterocycles. The monoisotopic (exact) mass is 530 g/mol. The van der Waals surface area contributed by atoms with E-state index in [2.05, 4.69) is 5.32 Å². The first-order valence-corrected chi connectivity index (χ1v) is 11.3. The third-order valence-corrected chi connectivity index (χ3v) is 5.91. The molecule has 0 bridgehead atoms. The van der Waals surface area contributed by atoms with Crippen LogP contribution in [0.1, 0.15) is 11.1 Å². The summed E-state index contributed by atoms with van der Waals surface area (Å²) in [5.41, 5.74) is 1.54. The Morgan fingerprint density at radius 2 is 1.74 bits per heavy atom. The van der Waals surface area contributed by atoms with Gasteiger partial charge in [0.05, 0.1) is 17.8 Å². The van der Waals surface area contributed by atoms with Gasteiger partial charge in [-0.1, -0.05) is 29.3 Å². The minimum Gasteiger partial charge on any atom is -0.496 e. The standard InChI is InChI=1S/C25H17Cl2FN2O4S/c1-33-21-8-2-14(10-15(21)13-34-22-9-5-17(28)12-20(22)27)11-19-23(31)29-25(35)30(24(19)32)18-6-3-16(26)4-7-18/h2-12H,13H2,1H3,(H,29,31,35)/b19-11+. The number of ether oxygens (including phenoxy) is 2. The largest absolute Gasteiger partial charge is 0.496 e. The maximum atomic E-state index is 13.3. The molecule has 1 saturated heterocycles. The van der Waals surface area contributed by atoms with Gasteiger partial charge in [-0.05, 0) is 78.5 Å². The van der Waals surface area contributed by atoms with Crippen molar-refractivity contribution in [3.63, 3.8) is 0 Å². The second-order valence-electron chi connectivity index (χ2n) is 7.37. The van der Waals surface area contributed by atoms with Crippen LogP contribution in [0.15, 0.2) is 66.2 Å². The number of thiocarbonyl (C=S) groups is 1. The molecule has 178 valence electrons. The molecule has 10 heteroatoms. The Kier molecular flexibility index (Phi) is 7.35. The molecule has 1 fully saturated rings. The number of hydrogen-bond acceptors (Lipinski definition) is 5. The zero-order valence-corrected chi connectivity index (χ0v) is 20.5. The van der Waals surface area contributed by atoms with E-state index in [9.17, 15) is 14.0 Å². The molecule has 35 heavy (non-hydrogen) atoms. The maximum Gasteiger partial charge on any atom is 0.270 e. The second-order valence-corrected chi connectivity index (χ2v) is 8.60. The van der Waals surface area contributed by atoms with Crippen LogP contribution in [0.25, 0.3) is 6.08 Å². The van der Waals surface area contributed by atoms with Crippen LogP contribution in [0.2, 0.25) is 10.0 Å². The SMILES string of the molecule is COc1ccc(/C=C2\C(=O)NC(=S)N(c3ccc(Cl)cc3)C2=O)cc1COc1ccc(F)cc1Cl. The number of nitrogens with one attached hydrogen (secondary N) is 1. The van der Waals surface area contributed by atoms with E-state index in [1.165, 1.54) is 30.2 Å². The molecule has 4 rings (SSSR count). The fraction of sp³-hybridized carbons (Fsp3) is 0.0800.